The molecule has 2 N–H and O–H groups in total. The third kappa shape index (κ3) is 5.91. The number of hydrogen-bond donors (Lipinski definition) is 1. The van der Waals surface area contributed by atoms with E-state index in [0.29, 0.717) is 11.3 Å². The van der Waals surface area contributed by atoms with Crippen LogP contribution >= 0.6 is 11.6 Å². The van der Waals surface area contributed by atoms with Crippen molar-refractivity contribution in [2.24, 2.45) is 0 Å². The number of anilines is 2. The Morgan fingerprint density at radius 2 is 1.65 bits per heavy atom. The maximum absolute atomic E-state index is 12.4. The number of carbonyl (C=O) groups is 1. The van der Waals surface area contributed by atoms with Crippen molar-refractivity contribution < 1.29 is 9.53 Å². The lowest BCUT2D eigenvalue weighted by Gasteiger charge is -2.37. The molecule has 3 aromatic carbocycles. The van der Waals surface area contributed by atoms with Crippen LogP contribution in [0.5, 0.6) is 0 Å². The standard InChI is InChI=1S/C28H32ClN3O2/c1-28(2,3)34-27(33)21-10-13-26(25(30)18-21)32-16-14-31(15-17-32)19-22-6-4-5-7-24(22)20-8-11-23(29)12-9-20/h4-13,18H,14-17,19,30H2,1-3H3. The molecule has 178 valence electrons. The first-order valence-corrected chi connectivity index (χ1v) is 12.0. The molecule has 0 radical (unpaired) electrons. The highest BCUT2D eigenvalue weighted by Crippen LogP contribution is 2.29. The fourth-order valence-corrected chi connectivity index (χ4v) is 4.39. The number of nitrogens with zero attached hydrogens (tertiary/aromatic N) is 2. The molecular weight excluding hydrogens is 446 g/mol. The molecule has 6 heteroatoms. The number of halogens is 1. The molecule has 1 fully saturated rings. The first kappa shape index (κ1) is 24.1. The van der Waals surface area contributed by atoms with E-state index in [4.69, 9.17) is 22.1 Å². The van der Waals surface area contributed by atoms with Gasteiger partial charge in [0.05, 0.1) is 16.9 Å². The summed E-state index contributed by atoms with van der Waals surface area (Å²) >= 11 is 6.07. The van der Waals surface area contributed by atoms with Gasteiger partial charge >= 0.3 is 5.97 Å². The van der Waals surface area contributed by atoms with Crippen molar-refractivity contribution in [3.05, 3.63) is 82.9 Å². The monoisotopic (exact) mass is 477 g/mol. The topological polar surface area (TPSA) is 58.8 Å². The molecule has 3 aromatic rings. The fourth-order valence-electron chi connectivity index (χ4n) is 4.26. The molecule has 0 aromatic heterocycles. The van der Waals surface area contributed by atoms with Crippen molar-refractivity contribution in [1.29, 1.82) is 0 Å². The lowest BCUT2D eigenvalue weighted by atomic mass is 9.99. The SMILES string of the molecule is CC(C)(C)OC(=O)c1ccc(N2CCN(Cc3ccccc3-c3ccc(Cl)cc3)CC2)c(N)c1. The van der Waals surface area contributed by atoms with Crippen LogP contribution in [-0.4, -0.2) is 42.6 Å². The predicted molar refractivity (Wildman–Crippen MR) is 140 cm³/mol. The maximum Gasteiger partial charge on any atom is 0.338 e. The maximum atomic E-state index is 12.4. The highest BCUT2D eigenvalue weighted by Gasteiger charge is 2.22. The molecule has 0 saturated carbocycles. The van der Waals surface area contributed by atoms with E-state index in [2.05, 4.69) is 46.2 Å². The molecule has 5 nitrogen and oxygen atoms in total. The number of ether oxygens (including phenoxy) is 1. The molecule has 1 heterocycles. The molecule has 0 atom stereocenters. The van der Waals surface area contributed by atoms with Crippen LogP contribution in [0.25, 0.3) is 11.1 Å². The van der Waals surface area contributed by atoms with Gasteiger partial charge < -0.3 is 15.4 Å². The zero-order valence-electron chi connectivity index (χ0n) is 20.1. The Kier molecular flexibility index (Phi) is 7.15. The predicted octanol–water partition coefficient (Wildman–Crippen LogP) is 5.87. The Bertz CT molecular complexity index is 1150. The summed E-state index contributed by atoms with van der Waals surface area (Å²) in [5.41, 5.74) is 11.6. The van der Waals surface area contributed by atoms with Crippen molar-refractivity contribution in [3.8, 4) is 11.1 Å². The summed E-state index contributed by atoms with van der Waals surface area (Å²) in [6, 6.07) is 22.0. The minimum absolute atomic E-state index is 0.352. The molecule has 1 saturated heterocycles. The zero-order valence-corrected chi connectivity index (χ0v) is 20.8. The molecule has 4 rings (SSSR count). The number of piperazine rings is 1. The number of hydrogen-bond acceptors (Lipinski definition) is 5. The van der Waals surface area contributed by atoms with E-state index < -0.39 is 5.60 Å². The first-order chi connectivity index (χ1) is 16.2. The Hall–Kier alpha value is -3.02. The van der Waals surface area contributed by atoms with Gasteiger partial charge in [0.15, 0.2) is 0 Å². The number of rotatable bonds is 5. The average Bonchev–Trinajstić information content (AvgIpc) is 2.80. The molecule has 0 spiro atoms. The van der Waals surface area contributed by atoms with Crippen molar-refractivity contribution >= 4 is 28.9 Å². The van der Waals surface area contributed by atoms with E-state index in [-0.39, 0.29) is 5.97 Å². The summed E-state index contributed by atoms with van der Waals surface area (Å²) in [6.07, 6.45) is 0. The van der Waals surface area contributed by atoms with Gasteiger partial charge in [0.2, 0.25) is 0 Å². The van der Waals surface area contributed by atoms with E-state index in [0.717, 1.165) is 43.4 Å². The normalized spacial score (nSPS) is 14.8. The molecule has 1 aliphatic rings. The largest absolute Gasteiger partial charge is 0.456 e. The van der Waals surface area contributed by atoms with Crippen LogP contribution in [0.4, 0.5) is 11.4 Å². The Labute approximate surface area is 207 Å². The highest BCUT2D eigenvalue weighted by atomic mass is 35.5. The average molecular weight is 478 g/mol. The number of carbonyl (C=O) groups excluding carboxylic acids is 1. The third-order valence-electron chi connectivity index (χ3n) is 5.94. The minimum atomic E-state index is -0.535. The molecule has 0 bridgehead atoms. The molecule has 34 heavy (non-hydrogen) atoms. The van der Waals surface area contributed by atoms with Crippen LogP contribution in [0, 0.1) is 0 Å². The first-order valence-electron chi connectivity index (χ1n) is 11.6. The van der Waals surface area contributed by atoms with Gasteiger partial charge in [0.25, 0.3) is 0 Å². The zero-order chi connectivity index (χ0) is 24.3. The van der Waals surface area contributed by atoms with Gasteiger partial charge in [-0.2, -0.15) is 0 Å². The number of nitrogens with two attached hydrogens (primary N) is 1. The van der Waals surface area contributed by atoms with Gasteiger partial charge in [-0.05, 0) is 67.8 Å². The summed E-state index contributed by atoms with van der Waals surface area (Å²) in [7, 11) is 0. The summed E-state index contributed by atoms with van der Waals surface area (Å²) in [5, 5.41) is 0.746. The van der Waals surface area contributed by atoms with Gasteiger partial charge in [-0.3, -0.25) is 4.90 Å². The van der Waals surface area contributed by atoms with Gasteiger partial charge in [-0.1, -0.05) is 48.0 Å². The second-order valence-electron chi connectivity index (χ2n) is 9.70. The van der Waals surface area contributed by atoms with Crippen molar-refractivity contribution in [3.63, 3.8) is 0 Å². The van der Waals surface area contributed by atoms with Crippen molar-refractivity contribution in [2.45, 2.75) is 32.9 Å². The summed E-state index contributed by atoms with van der Waals surface area (Å²) in [6.45, 7) is 10.1. The lowest BCUT2D eigenvalue weighted by Crippen LogP contribution is -2.46. The van der Waals surface area contributed by atoms with E-state index in [1.807, 2.05) is 39.0 Å². The van der Waals surface area contributed by atoms with Crippen molar-refractivity contribution in [1.82, 2.24) is 4.90 Å². The summed E-state index contributed by atoms with van der Waals surface area (Å²) in [4.78, 5) is 17.1. The van der Waals surface area contributed by atoms with Crippen LogP contribution in [-0.2, 0) is 11.3 Å². The van der Waals surface area contributed by atoms with Crippen LogP contribution in [0.1, 0.15) is 36.7 Å². The van der Waals surface area contributed by atoms with E-state index in [1.54, 1.807) is 12.1 Å². The summed E-state index contributed by atoms with van der Waals surface area (Å²) in [5.74, 6) is -0.352. The van der Waals surface area contributed by atoms with E-state index in [9.17, 15) is 4.79 Å². The van der Waals surface area contributed by atoms with Gasteiger partial charge in [-0.25, -0.2) is 4.79 Å². The van der Waals surface area contributed by atoms with Gasteiger partial charge in [-0.15, -0.1) is 0 Å². The second kappa shape index (κ2) is 10.1. The lowest BCUT2D eigenvalue weighted by molar-refractivity contribution is 0.00696. The highest BCUT2D eigenvalue weighted by molar-refractivity contribution is 6.30. The van der Waals surface area contributed by atoms with E-state index >= 15 is 0 Å². The molecular formula is C28H32ClN3O2. The van der Waals surface area contributed by atoms with E-state index in [1.165, 1.54) is 16.7 Å². The second-order valence-corrected chi connectivity index (χ2v) is 10.1. The number of nitrogen functional groups attached to an aromatic ring is 1. The smallest absolute Gasteiger partial charge is 0.338 e. The van der Waals surface area contributed by atoms with Crippen LogP contribution in [0.15, 0.2) is 66.7 Å². The number of benzene rings is 3. The van der Waals surface area contributed by atoms with Crippen LogP contribution in [0.3, 0.4) is 0 Å². The van der Waals surface area contributed by atoms with Crippen LogP contribution in [0.2, 0.25) is 5.02 Å². The number of esters is 1. The molecule has 0 unspecified atom stereocenters. The van der Waals surface area contributed by atoms with Crippen LogP contribution < -0.4 is 10.6 Å². The Balaban J connectivity index is 1.40. The molecule has 0 amide bonds. The molecule has 0 aliphatic carbocycles. The fraction of sp³-hybridized carbons (Fsp3) is 0.321. The van der Waals surface area contributed by atoms with Gasteiger partial charge in [0, 0.05) is 37.7 Å². The quantitative estimate of drug-likeness (QED) is 0.368. The van der Waals surface area contributed by atoms with Gasteiger partial charge in [0.1, 0.15) is 5.60 Å². The third-order valence-corrected chi connectivity index (χ3v) is 6.19. The minimum Gasteiger partial charge on any atom is -0.456 e. The van der Waals surface area contributed by atoms with Crippen molar-refractivity contribution in [2.75, 3.05) is 36.8 Å². The Morgan fingerprint density at radius 1 is 0.971 bits per heavy atom. The summed E-state index contributed by atoms with van der Waals surface area (Å²) < 4.78 is 5.46. The molecule has 1 aliphatic heterocycles. The Morgan fingerprint density at radius 3 is 2.29 bits per heavy atom.